The van der Waals surface area contributed by atoms with E-state index in [1.165, 1.54) is 19.3 Å². The van der Waals surface area contributed by atoms with Crippen LogP contribution in [-0.4, -0.2) is 37.2 Å². The Morgan fingerprint density at radius 3 is 1.07 bits per heavy atom. The van der Waals surface area contributed by atoms with Gasteiger partial charge in [-0.15, -0.1) is 0 Å². The number of carbonyl (C=O) groups excluding carboxylic acids is 3. The summed E-state index contributed by atoms with van der Waals surface area (Å²) < 4.78 is 16.7. The Labute approximate surface area is 434 Å². The van der Waals surface area contributed by atoms with Crippen LogP contribution < -0.4 is 0 Å². The molecule has 0 saturated heterocycles. The van der Waals surface area contributed by atoms with Crippen LogP contribution in [0.25, 0.3) is 0 Å². The fourth-order valence-corrected chi connectivity index (χ4v) is 6.75. The van der Waals surface area contributed by atoms with Crippen LogP contribution in [0.15, 0.2) is 170 Å². The Morgan fingerprint density at radius 1 is 0.310 bits per heavy atom. The molecule has 0 amide bonds. The summed E-state index contributed by atoms with van der Waals surface area (Å²) in [6.45, 7) is 6.20. The fourth-order valence-electron chi connectivity index (χ4n) is 6.75. The van der Waals surface area contributed by atoms with Gasteiger partial charge in [0.15, 0.2) is 6.10 Å². The molecule has 0 aromatic rings. The van der Waals surface area contributed by atoms with Crippen molar-refractivity contribution in [2.45, 2.75) is 207 Å². The molecule has 71 heavy (non-hydrogen) atoms. The van der Waals surface area contributed by atoms with Crippen LogP contribution in [0.3, 0.4) is 0 Å². The predicted molar refractivity (Wildman–Crippen MR) is 306 cm³/mol. The summed E-state index contributed by atoms with van der Waals surface area (Å²) >= 11 is 0. The minimum Gasteiger partial charge on any atom is -0.462 e. The molecule has 0 radical (unpaired) electrons. The molecule has 0 rings (SSSR count). The molecule has 0 aromatic heterocycles. The van der Waals surface area contributed by atoms with Gasteiger partial charge in [-0.1, -0.05) is 242 Å². The minimum absolute atomic E-state index is 0.128. The maximum absolute atomic E-state index is 12.8. The van der Waals surface area contributed by atoms with E-state index in [1.54, 1.807) is 0 Å². The van der Waals surface area contributed by atoms with Crippen molar-refractivity contribution in [3.63, 3.8) is 0 Å². The van der Waals surface area contributed by atoms with Crippen molar-refractivity contribution in [2.75, 3.05) is 13.2 Å². The van der Waals surface area contributed by atoms with Crippen molar-refractivity contribution in [3.8, 4) is 0 Å². The average molecular weight is 975 g/mol. The van der Waals surface area contributed by atoms with Gasteiger partial charge < -0.3 is 14.2 Å². The predicted octanol–water partition coefficient (Wildman–Crippen LogP) is 18.8. The molecule has 6 heteroatoms. The normalized spacial score (nSPS) is 13.5. The van der Waals surface area contributed by atoms with E-state index in [9.17, 15) is 14.4 Å². The first-order valence-electron chi connectivity index (χ1n) is 27.7. The SMILES string of the molecule is CC/C=C\C/C=C\C/C=C\C/C=C\C/C=C\C/C=C\CCC(=O)OCC(COC(=O)CCCCCCCC/C=C\C/C=C\C/C=C\CC)OC(=O)CCCCCCC\C=C/C=C\C=C/C=C\C=C/CCC. The van der Waals surface area contributed by atoms with E-state index in [1.807, 2.05) is 48.6 Å². The summed E-state index contributed by atoms with van der Waals surface area (Å²) in [4.78, 5) is 38.1. The third-order valence-electron chi connectivity index (χ3n) is 10.8. The van der Waals surface area contributed by atoms with Gasteiger partial charge in [0, 0.05) is 19.3 Å². The van der Waals surface area contributed by atoms with Crippen LogP contribution >= 0.6 is 0 Å². The van der Waals surface area contributed by atoms with Crippen molar-refractivity contribution in [1.82, 2.24) is 0 Å². The number of hydrogen-bond donors (Lipinski definition) is 0. The third kappa shape index (κ3) is 55.6. The summed E-state index contributed by atoms with van der Waals surface area (Å²) in [6.07, 6.45) is 84.8. The Hall–Kier alpha value is -5.23. The summed E-state index contributed by atoms with van der Waals surface area (Å²) in [5.41, 5.74) is 0. The topological polar surface area (TPSA) is 78.9 Å². The second kappa shape index (κ2) is 57.3. The lowest BCUT2D eigenvalue weighted by Crippen LogP contribution is -2.30. The molecular formula is C65H98O6. The second-order valence-corrected chi connectivity index (χ2v) is 17.5. The standard InChI is InChI=1S/C65H98O6/c1-4-7-10-13-16-19-22-25-28-31-33-35-37-40-43-46-49-52-55-58-64(67)70-61-62(60-69-63(66)57-54-51-48-45-42-39-36-30-27-24-21-18-15-12-9-6-3)71-65(68)59-56-53-50-47-44-41-38-34-32-29-26-23-20-17-14-11-8-5-2/h7,9-12,14,16-21,23,25-30,32-35,38,40,43,49,52,62H,4-6,8,13,15,22,24,31,36-37,39,41-42,44-48,50-51,53-61H2,1-3H3/b10-7-,12-9-,14-11-,19-16-,20-17-,21-18-,26-23-,28-25-,30-27-,32-29-,35-33-,38-34-,43-40-,52-49-. The molecule has 1 unspecified atom stereocenters. The molecule has 0 N–H and O–H groups in total. The van der Waals surface area contributed by atoms with Crippen molar-refractivity contribution < 1.29 is 28.6 Å². The van der Waals surface area contributed by atoms with Crippen LogP contribution in [0.4, 0.5) is 0 Å². The van der Waals surface area contributed by atoms with Crippen molar-refractivity contribution in [2.24, 2.45) is 0 Å². The highest BCUT2D eigenvalue weighted by atomic mass is 16.6. The van der Waals surface area contributed by atoms with Crippen molar-refractivity contribution >= 4 is 17.9 Å². The van der Waals surface area contributed by atoms with Crippen LogP contribution in [0.5, 0.6) is 0 Å². The van der Waals surface area contributed by atoms with E-state index < -0.39 is 6.10 Å². The maximum atomic E-state index is 12.8. The van der Waals surface area contributed by atoms with Crippen molar-refractivity contribution in [3.05, 3.63) is 170 Å². The Morgan fingerprint density at radius 2 is 0.634 bits per heavy atom. The highest BCUT2D eigenvalue weighted by Gasteiger charge is 2.19. The second-order valence-electron chi connectivity index (χ2n) is 17.5. The van der Waals surface area contributed by atoms with Gasteiger partial charge in [0.25, 0.3) is 0 Å². The van der Waals surface area contributed by atoms with Crippen LogP contribution in [0, 0.1) is 0 Å². The smallest absolute Gasteiger partial charge is 0.306 e. The molecule has 0 aliphatic heterocycles. The third-order valence-corrected chi connectivity index (χ3v) is 10.8. The lowest BCUT2D eigenvalue weighted by Gasteiger charge is -2.18. The van der Waals surface area contributed by atoms with E-state index in [2.05, 4.69) is 142 Å². The maximum Gasteiger partial charge on any atom is 0.306 e. The molecule has 0 aliphatic rings. The summed E-state index contributed by atoms with van der Waals surface area (Å²) in [6, 6.07) is 0. The number of allylic oxidation sites excluding steroid dienone is 28. The molecule has 0 aliphatic carbocycles. The van der Waals surface area contributed by atoms with Gasteiger partial charge in [-0.25, -0.2) is 0 Å². The first-order chi connectivity index (χ1) is 35.0. The molecule has 0 heterocycles. The Kier molecular flexibility index (Phi) is 53.1. The lowest BCUT2D eigenvalue weighted by molar-refractivity contribution is -0.166. The first kappa shape index (κ1) is 65.8. The first-order valence-corrected chi connectivity index (χ1v) is 27.7. The van der Waals surface area contributed by atoms with E-state index in [0.717, 1.165) is 135 Å². The van der Waals surface area contributed by atoms with Gasteiger partial charge in [0.1, 0.15) is 13.2 Å². The zero-order chi connectivity index (χ0) is 51.4. The van der Waals surface area contributed by atoms with Gasteiger partial charge in [0.2, 0.25) is 0 Å². The fraction of sp³-hybridized carbons (Fsp3) is 0.523. The molecule has 0 spiro atoms. The largest absolute Gasteiger partial charge is 0.462 e. The van der Waals surface area contributed by atoms with E-state index in [-0.39, 0.29) is 44.0 Å². The zero-order valence-corrected chi connectivity index (χ0v) is 44.9. The van der Waals surface area contributed by atoms with Gasteiger partial charge in [-0.2, -0.15) is 0 Å². The molecule has 0 saturated carbocycles. The van der Waals surface area contributed by atoms with Crippen molar-refractivity contribution in [1.29, 1.82) is 0 Å². The highest BCUT2D eigenvalue weighted by Crippen LogP contribution is 2.12. The molecule has 1 atom stereocenters. The summed E-state index contributed by atoms with van der Waals surface area (Å²) in [5, 5.41) is 0. The highest BCUT2D eigenvalue weighted by molar-refractivity contribution is 5.71. The lowest BCUT2D eigenvalue weighted by atomic mass is 10.1. The van der Waals surface area contributed by atoms with Gasteiger partial charge >= 0.3 is 17.9 Å². The number of unbranched alkanes of at least 4 members (excludes halogenated alkanes) is 12. The number of carbonyl (C=O) groups is 3. The van der Waals surface area contributed by atoms with Gasteiger partial charge in [-0.05, 0) is 109 Å². The molecule has 394 valence electrons. The van der Waals surface area contributed by atoms with Crippen LogP contribution in [0.1, 0.15) is 201 Å². The van der Waals surface area contributed by atoms with Crippen LogP contribution in [0.2, 0.25) is 0 Å². The number of esters is 3. The monoisotopic (exact) mass is 975 g/mol. The van der Waals surface area contributed by atoms with E-state index in [4.69, 9.17) is 14.2 Å². The number of rotatable bonds is 47. The number of hydrogen-bond acceptors (Lipinski definition) is 6. The van der Waals surface area contributed by atoms with Gasteiger partial charge in [0.05, 0.1) is 0 Å². The minimum atomic E-state index is -0.838. The summed E-state index contributed by atoms with van der Waals surface area (Å²) in [7, 11) is 0. The van der Waals surface area contributed by atoms with E-state index >= 15 is 0 Å². The van der Waals surface area contributed by atoms with Gasteiger partial charge in [-0.3, -0.25) is 14.4 Å². The molecular weight excluding hydrogens is 877 g/mol. The molecule has 0 fully saturated rings. The van der Waals surface area contributed by atoms with Crippen LogP contribution in [-0.2, 0) is 28.6 Å². The Bertz CT molecular complexity index is 1690. The average Bonchev–Trinajstić information content (AvgIpc) is 3.37. The Balaban J connectivity index is 4.63. The van der Waals surface area contributed by atoms with E-state index in [0.29, 0.717) is 12.8 Å². The summed E-state index contributed by atoms with van der Waals surface area (Å²) in [5.74, 6) is -1.07. The zero-order valence-electron chi connectivity index (χ0n) is 44.9. The molecule has 0 aromatic carbocycles. The molecule has 6 nitrogen and oxygen atoms in total. The quantitative estimate of drug-likeness (QED) is 0.0199. The number of ether oxygens (including phenoxy) is 3. The molecule has 0 bridgehead atoms.